The van der Waals surface area contributed by atoms with Gasteiger partial charge in [0.25, 0.3) is 0 Å². The van der Waals surface area contributed by atoms with Gasteiger partial charge in [-0.3, -0.25) is 9.69 Å². The molecule has 23 heavy (non-hydrogen) atoms. The van der Waals surface area contributed by atoms with Crippen LogP contribution >= 0.6 is 0 Å². The van der Waals surface area contributed by atoms with E-state index in [4.69, 9.17) is 4.74 Å². The molecule has 4 nitrogen and oxygen atoms in total. The third-order valence-corrected chi connectivity index (χ3v) is 4.24. The Labute approximate surface area is 140 Å². The van der Waals surface area contributed by atoms with E-state index < -0.39 is 0 Å². The third kappa shape index (κ3) is 5.54. The van der Waals surface area contributed by atoms with Crippen molar-refractivity contribution in [3.05, 3.63) is 29.8 Å². The van der Waals surface area contributed by atoms with E-state index in [1.54, 1.807) is 0 Å². The summed E-state index contributed by atoms with van der Waals surface area (Å²) in [6.07, 6.45) is 3.08. The van der Waals surface area contributed by atoms with E-state index in [-0.39, 0.29) is 11.9 Å². The largest absolute Gasteiger partial charge is 0.494 e. The fourth-order valence-electron chi connectivity index (χ4n) is 3.12. The first-order chi connectivity index (χ1) is 11.1. The van der Waals surface area contributed by atoms with E-state index in [9.17, 15) is 4.79 Å². The molecular formula is C19H30N2O2. The molecule has 128 valence electrons. The van der Waals surface area contributed by atoms with Crippen LogP contribution in [0.2, 0.25) is 0 Å². The lowest BCUT2D eigenvalue weighted by molar-refractivity contribution is -0.122. The molecule has 1 atom stereocenters. The maximum Gasteiger partial charge on any atom is 0.220 e. The third-order valence-electron chi connectivity index (χ3n) is 4.24. The van der Waals surface area contributed by atoms with Gasteiger partial charge in [-0.1, -0.05) is 26.0 Å². The molecular weight excluding hydrogens is 288 g/mol. The van der Waals surface area contributed by atoms with Crippen molar-refractivity contribution in [2.75, 3.05) is 26.2 Å². The van der Waals surface area contributed by atoms with E-state index >= 15 is 0 Å². The van der Waals surface area contributed by atoms with Gasteiger partial charge in [0, 0.05) is 13.0 Å². The second-order valence-corrected chi connectivity index (χ2v) is 6.66. The van der Waals surface area contributed by atoms with Crippen molar-refractivity contribution in [3.63, 3.8) is 0 Å². The lowest BCUT2D eigenvalue weighted by Crippen LogP contribution is -2.37. The zero-order chi connectivity index (χ0) is 16.7. The van der Waals surface area contributed by atoms with Crippen LogP contribution in [0.5, 0.6) is 5.75 Å². The molecule has 1 unspecified atom stereocenters. The molecule has 0 radical (unpaired) electrons. The van der Waals surface area contributed by atoms with Crippen LogP contribution in [0, 0.1) is 5.92 Å². The molecule has 1 aromatic rings. The molecule has 4 heteroatoms. The first kappa shape index (κ1) is 17.8. The van der Waals surface area contributed by atoms with Crippen LogP contribution in [0.3, 0.4) is 0 Å². The highest BCUT2D eigenvalue weighted by Gasteiger charge is 2.24. The summed E-state index contributed by atoms with van der Waals surface area (Å²) >= 11 is 0. The monoisotopic (exact) mass is 318 g/mol. The summed E-state index contributed by atoms with van der Waals surface area (Å²) in [4.78, 5) is 14.5. The molecule has 1 fully saturated rings. The highest BCUT2D eigenvalue weighted by atomic mass is 16.5. The molecule has 1 heterocycles. The van der Waals surface area contributed by atoms with Crippen molar-refractivity contribution < 1.29 is 9.53 Å². The van der Waals surface area contributed by atoms with Crippen LogP contribution in [-0.4, -0.2) is 37.0 Å². The summed E-state index contributed by atoms with van der Waals surface area (Å²) in [5, 5.41) is 3.12. The second-order valence-electron chi connectivity index (χ2n) is 6.66. The fraction of sp³-hybridized carbons (Fsp3) is 0.632. The van der Waals surface area contributed by atoms with Crippen molar-refractivity contribution in [3.8, 4) is 5.75 Å². The lowest BCUT2D eigenvalue weighted by Gasteiger charge is -2.28. The SMILES string of the molecule is CCOc1ccc(C(CNC(=O)CC(C)C)N2CCCC2)cc1. The molecule has 1 saturated heterocycles. The number of likely N-dealkylation sites (tertiary alicyclic amines) is 1. The zero-order valence-corrected chi connectivity index (χ0v) is 14.7. The van der Waals surface area contributed by atoms with Crippen LogP contribution in [0.4, 0.5) is 0 Å². The van der Waals surface area contributed by atoms with Crippen molar-refractivity contribution in [2.24, 2.45) is 5.92 Å². The molecule has 0 saturated carbocycles. The second kappa shape index (κ2) is 8.92. The van der Waals surface area contributed by atoms with Gasteiger partial charge in [-0.15, -0.1) is 0 Å². The van der Waals surface area contributed by atoms with Crippen LogP contribution in [0.1, 0.15) is 51.6 Å². The smallest absolute Gasteiger partial charge is 0.220 e. The Morgan fingerprint density at radius 2 is 1.87 bits per heavy atom. The molecule has 1 N–H and O–H groups in total. The van der Waals surface area contributed by atoms with Crippen LogP contribution < -0.4 is 10.1 Å². The van der Waals surface area contributed by atoms with Crippen molar-refractivity contribution in [1.29, 1.82) is 0 Å². The summed E-state index contributed by atoms with van der Waals surface area (Å²) in [6, 6.07) is 8.56. The molecule has 0 aromatic heterocycles. The first-order valence-corrected chi connectivity index (χ1v) is 8.83. The van der Waals surface area contributed by atoms with Gasteiger partial charge in [-0.05, 0) is 56.5 Å². The minimum absolute atomic E-state index is 0.148. The van der Waals surface area contributed by atoms with Crippen LogP contribution in [0.15, 0.2) is 24.3 Å². The maximum atomic E-state index is 12.0. The summed E-state index contributed by atoms with van der Waals surface area (Å²) in [5.74, 6) is 1.45. The normalized spacial score (nSPS) is 16.5. The number of benzene rings is 1. The number of carbonyl (C=O) groups excluding carboxylic acids is 1. The predicted molar refractivity (Wildman–Crippen MR) is 93.6 cm³/mol. The first-order valence-electron chi connectivity index (χ1n) is 8.83. The van der Waals surface area contributed by atoms with Gasteiger partial charge in [-0.2, -0.15) is 0 Å². The topological polar surface area (TPSA) is 41.6 Å². The van der Waals surface area contributed by atoms with E-state index in [0.717, 1.165) is 18.8 Å². The molecule has 1 amide bonds. The minimum atomic E-state index is 0.148. The van der Waals surface area contributed by atoms with E-state index in [1.807, 2.05) is 19.1 Å². The average molecular weight is 318 g/mol. The molecule has 1 aliphatic heterocycles. The summed E-state index contributed by atoms with van der Waals surface area (Å²) < 4.78 is 5.52. The molecule has 1 aromatic carbocycles. The Morgan fingerprint density at radius 1 is 1.22 bits per heavy atom. The molecule has 0 aliphatic carbocycles. The number of amides is 1. The van der Waals surface area contributed by atoms with Gasteiger partial charge in [0.15, 0.2) is 0 Å². The highest BCUT2D eigenvalue weighted by Crippen LogP contribution is 2.26. The Balaban J connectivity index is 2.03. The number of nitrogens with one attached hydrogen (secondary N) is 1. The highest BCUT2D eigenvalue weighted by molar-refractivity contribution is 5.76. The summed E-state index contributed by atoms with van der Waals surface area (Å²) in [6.45, 7) is 9.72. The van der Waals surface area contributed by atoms with Gasteiger partial charge in [0.2, 0.25) is 5.91 Å². The standard InChI is InChI=1S/C19H30N2O2/c1-4-23-17-9-7-16(8-10-17)18(21-11-5-6-12-21)14-20-19(22)13-15(2)3/h7-10,15,18H,4-6,11-14H2,1-3H3,(H,20,22). The van der Waals surface area contributed by atoms with E-state index in [1.165, 1.54) is 18.4 Å². The number of rotatable bonds is 8. The molecule has 0 spiro atoms. The van der Waals surface area contributed by atoms with Crippen LogP contribution in [-0.2, 0) is 4.79 Å². The lowest BCUT2D eigenvalue weighted by atomic mass is 10.0. The number of hydrogen-bond acceptors (Lipinski definition) is 3. The number of hydrogen-bond donors (Lipinski definition) is 1. The Hall–Kier alpha value is -1.55. The number of nitrogens with zero attached hydrogens (tertiary/aromatic N) is 1. The van der Waals surface area contributed by atoms with Gasteiger partial charge < -0.3 is 10.1 Å². The Kier molecular flexibility index (Phi) is 6.90. The molecule has 2 rings (SSSR count). The van der Waals surface area contributed by atoms with Crippen LogP contribution in [0.25, 0.3) is 0 Å². The van der Waals surface area contributed by atoms with Gasteiger partial charge >= 0.3 is 0 Å². The summed E-state index contributed by atoms with van der Waals surface area (Å²) in [7, 11) is 0. The van der Waals surface area contributed by atoms with Crippen molar-refractivity contribution in [1.82, 2.24) is 10.2 Å². The number of ether oxygens (including phenoxy) is 1. The Bertz CT molecular complexity index is 479. The fourth-order valence-corrected chi connectivity index (χ4v) is 3.12. The predicted octanol–water partition coefficient (Wildman–Crippen LogP) is 3.38. The maximum absolute atomic E-state index is 12.0. The molecule has 1 aliphatic rings. The average Bonchev–Trinajstić information content (AvgIpc) is 3.03. The van der Waals surface area contributed by atoms with Crippen molar-refractivity contribution in [2.45, 2.75) is 46.1 Å². The minimum Gasteiger partial charge on any atom is -0.494 e. The Morgan fingerprint density at radius 3 is 2.43 bits per heavy atom. The van der Waals surface area contributed by atoms with E-state index in [0.29, 0.717) is 25.5 Å². The number of carbonyl (C=O) groups is 1. The van der Waals surface area contributed by atoms with Gasteiger partial charge in [-0.25, -0.2) is 0 Å². The zero-order valence-electron chi connectivity index (χ0n) is 14.7. The summed E-state index contributed by atoms with van der Waals surface area (Å²) in [5.41, 5.74) is 1.25. The van der Waals surface area contributed by atoms with Crippen molar-refractivity contribution >= 4 is 5.91 Å². The quantitative estimate of drug-likeness (QED) is 0.799. The van der Waals surface area contributed by atoms with Gasteiger partial charge in [0.1, 0.15) is 5.75 Å². The van der Waals surface area contributed by atoms with E-state index in [2.05, 4.69) is 36.2 Å². The molecule has 0 bridgehead atoms. The van der Waals surface area contributed by atoms with Gasteiger partial charge in [0.05, 0.1) is 12.6 Å².